The van der Waals surface area contributed by atoms with Crippen molar-refractivity contribution in [2.75, 3.05) is 18.5 Å². The lowest BCUT2D eigenvalue weighted by atomic mass is 9.94. The molecule has 0 fully saturated rings. The highest BCUT2D eigenvalue weighted by molar-refractivity contribution is 5.93. The van der Waals surface area contributed by atoms with Crippen LogP contribution >= 0.6 is 0 Å². The molecule has 2 aromatic carbocycles. The number of nitrogens with zero attached hydrogens (tertiary/aromatic N) is 2. The number of esters is 1. The van der Waals surface area contributed by atoms with E-state index in [1.807, 2.05) is 43.3 Å². The first-order chi connectivity index (χ1) is 14.5. The Labute approximate surface area is 173 Å². The number of nitrogens with one attached hydrogen (secondary N) is 1. The summed E-state index contributed by atoms with van der Waals surface area (Å²) in [5.74, 6) is -1.05. The molecule has 0 spiro atoms. The number of rotatable bonds is 7. The summed E-state index contributed by atoms with van der Waals surface area (Å²) in [5.41, 5.74) is 8.92. The first kappa shape index (κ1) is 21.0. The molecule has 0 aliphatic rings. The Morgan fingerprint density at radius 3 is 2.77 bits per heavy atom. The summed E-state index contributed by atoms with van der Waals surface area (Å²) in [6.07, 6.45) is 1.38. The van der Waals surface area contributed by atoms with Crippen LogP contribution in [0.4, 0.5) is 10.1 Å². The summed E-state index contributed by atoms with van der Waals surface area (Å²) >= 11 is 0. The van der Waals surface area contributed by atoms with Crippen LogP contribution in [0.1, 0.15) is 31.0 Å². The summed E-state index contributed by atoms with van der Waals surface area (Å²) < 4.78 is 24.6. The van der Waals surface area contributed by atoms with Crippen molar-refractivity contribution < 1.29 is 18.4 Å². The Morgan fingerprint density at radius 1 is 1.30 bits per heavy atom. The number of anilines is 1. The third kappa shape index (κ3) is 5.02. The molecule has 30 heavy (non-hydrogen) atoms. The van der Waals surface area contributed by atoms with Gasteiger partial charge in [0.25, 0.3) is 0 Å². The van der Waals surface area contributed by atoms with E-state index in [4.69, 9.17) is 15.0 Å². The Kier molecular flexibility index (Phi) is 6.79. The van der Waals surface area contributed by atoms with Crippen molar-refractivity contribution in [2.45, 2.75) is 19.8 Å². The van der Waals surface area contributed by atoms with Gasteiger partial charge in [-0.2, -0.15) is 0 Å². The number of ether oxygens (including phenoxy) is 1. The molecule has 0 aliphatic carbocycles. The number of carbonyl (C=O) groups excluding carboxylic acids is 1. The van der Waals surface area contributed by atoms with Gasteiger partial charge < -0.3 is 20.3 Å². The fraction of sp³-hybridized carbons (Fsp3) is 0.227. The van der Waals surface area contributed by atoms with Crippen LogP contribution in [0.5, 0.6) is 0 Å². The van der Waals surface area contributed by atoms with E-state index in [0.29, 0.717) is 16.9 Å². The van der Waals surface area contributed by atoms with Gasteiger partial charge in [-0.1, -0.05) is 54.5 Å². The maximum Gasteiger partial charge on any atom is 0.327 e. The maximum absolute atomic E-state index is 14.7. The molecule has 1 heterocycles. The van der Waals surface area contributed by atoms with E-state index in [2.05, 4.69) is 15.5 Å². The average molecular weight is 410 g/mol. The normalized spacial score (nSPS) is 12.4. The van der Waals surface area contributed by atoms with Gasteiger partial charge >= 0.3 is 5.97 Å². The fourth-order valence-electron chi connectivity index (χ4n) is 3.00. The van der Waals surface area contributed by atoms with Gasteiger partial charge in [0, 0.05) is 11.5 Å². The number of benzene rings is 2. The van der Waals surface area contributed by atoms with Crippen LogP contribution in [0.15, 0.2) is 64.3 Å². The lowest BCUT2D eigenvalue weighted by Crippen LogP contribution is -2.25. The second kappa shape index (κ2) is 9.69. The molecule has 1 atom stereocenters. The zero-order valence-corrected chi connectivity index (χ0v) is 16.8. The third-order valence-corrected chi connectivity index (χ3v) is 4.53. The molecule has 3 rings (SSSR count). The highest BCUT2D eigenvalue weighted by Crippen LogP contribution is 2.32. The topological polar surface area (TPSA) is 103 Å². The zero-order chi connectivity index (χ0) is 21.5. The molecule has 0 aliphatic heterocycles. The third-order valence-electron chi connectivity index (χ3n) is 4.53. The van der Waals surface area contributed by atoms with Gasteiger partial charge in [-0.25, -0.2) is 9.38 Å². The summed E-state index contributed by atoms with van der Waals surface area (Å²) in [7, 11) is 0. The predicted molar refractivity (Wildman–Crippen MR) is 113 cm³/mol. The van der Waals surface area contributed by atoms with E-state index in [1.54, 1.807) is 13.0 Å². The fourth-order valence-corrected chi connectivity index (χ4v) is 3.00. The minimum Gasteiger partial charge on any atom is -0.465 e. The van der Waals surface area contributed by atoms with E-state index in [9.17, 15) is 9.18 Å². The monoisotopic (exact) mass is 410 g/mol. The number of aromatic nitrogens is 1. The molecular formula is C22H23FN4O3. The van der Waals surface area contributed by atoms with Crippen molar-refractivity contribution in [1.29, 1.82) is 0 Å². The average Bonchev–Trinajstić information content (AvgIpc) is 3.20. The van der Waals surface area contributed by atoms with Crippen LogP contribution < -0.4 is 11.1 Å². The number of carbonyl (C=O) groups is 1. The molecule has 1 unspecified atom stereocenters. The molecule has 1 aromatic heterocycles. The van der Waals surface area contributed by atoms with Crippen LogP contribution in [0, 0.1) is 5.82 Å². The van der Waals surface area contributed by atoms with Gasteiger partial charge in [-0.3, -0.25) is 4.79 Å². The quantitative estimate of drug-likeness (QED) is 0.348. The highest BCUT2D eigenvalue weighted by Gasteiger charge is 2.19. The van der Waals surface area contributed by atoms with Crippen LogP contribution in [-0.2, 0) is 9.53 Å². The lowest BCUT2D eigenvalue weighted by molar-refractivity contribution is -0.141. The summed E-state index contributed by atoms with van der Waals surface area (Å²) in [6.45, 7) is 3.67. The number of guanidine groups is 1. The Morgan fingerprint density at radius 2 is 2.07 bits per heavy atom. The van der Waals surface area contributed by atoms with Crippen LogP contribution in [0.3, 0.4) is 0 Å². The number of hydrogen-bond acceptors (Lipinski definition) is 5. The Balaban J connectivity index is 1.76. The zero-order valence-electron chi connectivity index (χ0n) is 16.8. The second-order valence-corrected chi connectivity index (χ2v) is 6.57. The summed E-state index contributed by atoms with van der Waals surface area (Å²) in [6, 6.07) is 14.4. The first-order valence-electron chi connectivity index (χ1n) is 9.51. The van der Waals surface area contributed by atoms with Gasteiger partial charge in [0.05, 0.1) is 6.61 Å². The van der Waals surface area contributed by atoms with E-state index < -0.39 is 5.97 Å². The van der Waals surface area contributed by atoms with Crippen molar-refractivity contribution in [2.24, 2.45) is 10.7 Å². The minimum absolute atomic E-state index is 0.0188. The van der Waals surface area contributed by atoms with Crippen molar-refractivity contribution in [1.82, 2.24) is 5.16 Å². The van der Waals surface area contributed by atoms with Gasteiger partial charge in [0.15, 0.2) is 5.96 Å². The van der Waals surface area contributed by atoms with E-state index in [0.717, 1.165) is 11.1 Å². The van der Waals surface area contributed by atoms with Crippen LogP contribution in [0.25, 0.3) is 11.1 Å². The largest absolute Gasteiger partial charge is 0.465 e. The van der Waals surface area contributed by atoms with Crippen molar-refractivity contribution in [3.8, 4) is 11.1 Å². The molecular weight excluding hydrogens is 387 g/mol. The number of aliphatic imine (C=N–C) groups is 1. The first-order valence-corrected chi connectivity index (χ1v) is 9.51. The molecule has 0 amide bonds. The second-order valence-electron chi connectivity index (χ2n) is 6.57. The van der Waals surface area contributed by atoms with Crippen molar-refractivity contribution in [3.63, 3.8) is 0 Å². The smallest absolute Gasteiger partial charge is 0.327 e. The summed E-state index contributed by atoms with van der Waals surface area (Å²) in [4.78, 5) is 15.3. The van der Waals surface area contributed by atoms with Gasteiger partial charge in [0.1, 0.15) is 30.0 Å². The Bertz CT molecular complexity index is 1030. The number of nitrogens with two attached hydrogens (primary N) is 1. The molecule has 8 heteroatoms. The maximum atomic E-state index is 14.7. The molecule has 0 radical (unpaired) electrons. The molecule has 7 nitrogen and oxygen atoms in total. The van der Waals surface area contributed by atoms with Crippen LogP contribution in [0.2, 0.25) is 0 Å². The van der Waals surface area contributed by atoms with Crippen molar-refractivity contribution >= 4 is 17.6 Å². The van der Waals surface area contributed by atoms with Crippen molar-refractivity contribution in [3.05, 3.63) is 71.9 Å². The van der Waals surface area contributed by atoms with Gasteiger partial charge in [-0.05, 0) is 24.1 Å². The number of hydrogen-bond donors (Lipinski definition) is 2. The standard InChI is InChI=1S/C22H23FN4O3/c1-3-29-20(28)12-25-22(24)26-19-13-30-27-21(19)14(2)16-9-10-17(18(23)11-16)15-7-5-4-6-8-15/h4-11,13-14H,3,12H2,1-2H3,(H3,24,25,26). The van der Waals surface area contributed by atoms with Crippen LogP contribution in [-0.4, -0.2) is 30.2 Å². The Hall–Kier alpha value is -3.68. The molecule has 0 saturated carbocycles. The van der Waals surface area contributed by atoms with E-state index in [1.165, 1.54) is 12.3 Å². The highest BCUT2D eigenvalue weighted by atomic mass is 19.1. The SMILES string of the molecule is CCOC(=O)CN=C(N)Nc1conc1C(C)c1ccc(-c2ccccc2)c(F)c1. The van der Waals surface area contributed by atoms with Gasteiger partial charge in [0.2, 0.25) is 0 Å². The molecule has 0 bridgehead atoms. The lowest BCUT2D eigenvalue weighted by Gasteiger charge is -2.13. The molecule has 3 aromatic rings. The van der Waals surface area contributed by atoms with E-state index >= 15 is 0 Å². The minimum atomic E-state index is -0.477. The van der Waals surface area contributed by atoms with Gasteiger partial charge in [-0.15, -0.1) is 0 Å². The number of halogens is 1. The van der Waals surface area contributed by atoms with E-state index in [-0.39, 0.29) is 30.8 Å². The molecule has 3 N–H and O–H groups in total. The molecule has 0 saturated heterocycles. The predicted octanol–water partition coefficient (Wildman–Crippen LogP) is 3.92. The summed E-state index contributed by atoms with van der Waals surface area (Å²) in [5, 5.41) is 6.88. The molecule has 156 valence electrons.